The second kappa shape index (κ2) is 5.41. The molecule has 6 nitrogen and oxygen atoms in total. The first kappa shape index (κ1) is 17.1. The molecule has 1 aromatic carbocycles. The van der Waals surface area contributed by atoms with Crippen molar-refractivity contribution in [1.82, 2.24) is 10.2 Å². The van der Waals surface area contributed by atoms with E-state index in [4.69, 9.17) is 4.74 Å². The molecule has 0 radical (unpaired) electrons. The normalized spacial score (nSPS) is 43.2. The molecule has 148 valence electrons. The second-order valence-electron chi connectivity index (χ2n) is 9.52. The van der Waals surface area contributed by atoms with Gasteiger partial charge in [0.25, 0.3) is 0 Å². The number of aliphatic hydroxyl groups is 1. The Morgan fingerprint density at radius 3 is 2.89 bits per heavy atom. The van der Waals surface area contributed by atoms with Gasteiger partial charge in [0, 0.05) is 24.2 Å². The van der Waals surface area contributed by atoms with Crippen molar-refractivity contribution in [2.45, 2.75) is 73.8 Å². The third-order valence-corrected chi connectivity index (χ3v) is 8.34. The Morgan fingerprint density at radius 1 is 1.36 bits per heavy atom. The molecule has 3 unspecified atom stereocenters. The van der Waals surface area contributed by atoms with Crippen LogP contribution in [0.25, 0.3) is 0 Å². The minimum absolute atomic E-state index is 0.0709. The summed E-state index contributed by atoms with van der Waals surface area (Å²) in [5.41, 5.74) is 0.576. The van der Waals surface area contributed by atoms with Crippen LogP contribution in [0.4, 0.5) is 0 Å². The van der Waals surface area contributed by atoms with E-state index in [2.05, 4.69) is 16.3 Å². The molecule has 6 heteroatoms. The van der Waals surface area contributed by atoms with Crippen LogP contribution in [0.1, 0.15) is 43.2 Å². The maximum Gasteiger partial charge on any atom is 0.165 e. The van der Waals surface area contributed by atoms with Crippen molar-refractivity contribution >= 4 is 0 Å². The summed E-state index contributed by atoms with van der Waals surface area (Å²) in [5, 5.41) is 36.3. The smallest absolute Gasteiger partial charge is 0.165 e. The summed E-state index contributed by atoms with van der Waals surface area (Å²) < 4.78 is 6.40. The lowest BCUT2D eigenvalue weighted by atomic mass is 9.47. The Kier molecular flexibility index (Phi) is 3.30. The van der Waals surface area contributed by atoms with Crippen LogP contribution in [0.5, 0.6) is 11.5 Å². The highest BCUT2D eigenvalue weighted by atomic mass is 16.5. The molecule has 3 N–H and O–H groups in total. The van der Waals surface area contributed by atoms with Gasteiger partial charge in [0.1, 0.15) is 6.10 Å². The van der Waals surface area contributed by atoms with Crippen LogP contribution in [-0.4, -0.2) is 58.5 Å². The fourth-order valence-electron chi connectivity index (χ4n) is 6.93. The average molecular weight is 381 g/mol. The van der Waals surface area contributed by atoms with E-state index in [9.17, 15) is 15.5 Å². The summed E-state index contributed by atoms with van der Waals surface area (Å²) in [7, 11) is 1.93. The number of phenolic OH excluding ortho intramolecular Hbond substituents is 1. The summed E-state index contributed by atoms with van der Waals surface area (Å²) >= 11 is 0. The van der Waals surface area contributed by atoms with Crippen molar-refractivity contribution in [3.63, 3.8) is 0 Å². The Morgan fingerprint density at radius 2 is 2.18 bits per heavy atom. The lowest BCUT2D eigenvalue weighted by Gasteiger charge is -2.65. The van der Waals surface area contributed by atoms with E-state index in [0.29, 0.717) is 30.9 Å². The number of nitriles is 1. The topological polar surface area (TPSA) is 88.8 Å². The van der Waals surface area contributed by atoms with Gasteiger partial charge in [0.2, 0.25) is 0 Å². The van der Waals surface area contributed by atoms with Gasteiger partial charge >= 0.3 is 0 Å². The highest BCUT2D eigenvalue weighted by Gasteiger charge is 2.74. The monoisotopic (exact) mass is 381 g/mol. The maximum absolute atomic E-state index is 12.3. The van der Waals surface area contributed by atoms with Crippen molar-refractivity contribution in [3.8, 4) is 17.6 Å². The van der Waals surface area contributed by atoms with Crippen LogP contribution in [0.2, 0.25) is 0 Å². The largest absolute Gasteiger partial charge is 0.504 e. The summed E-state index contributed by atoms with van der Waals surface area (Å²) in [4.78, 5) is 2.31. The Bertz CT molecular complexity index is 894. The zero-order valence-corrected chi connectivity index (χ0v) is 16.2. The van der Waals surface area contributed by atoms with Crippen LogP contribution in [0, 0.1) is 17.2 Å². The number of piperidine rings is 1. The van der Waals surface area contributed by atoms with Gasteiger partial charge in [-0.2, -0.15) is 5.26 Å². The van der Waals surface area contributed by atoms with E-state index in [1.54, 1.807) is 6.07 Å². The predicted molar refractivity (Wildman–Crippen MR) is 102 cm³/mol. The number of ether oxygens (including phenoxy) is 1. The third-order valence-electron chi connectivity index (χ3n) is 8.34. The molecular weight excluding hydrogens is 354 g/mol. The summed E-state index contributed by atoms with van der Waals surface area (Å²) in [5.74, 6) is 1.34. The first-order chi connectivity index (χ1) is 13.5. The van der Waals surface area contributed by atoms with E-state index in [-0.39, 0.29) is 30.0 Å². The molecular formula is C22H27N3O3. The van der Waals surface area contributed by atoms with Crippen LogP contribution in [-0.2, 0) is 11.8 Å². The number of phenols is 1. The molecule has 1 spiro atoms. The van der Waals surface area contributed by atoms with Crippen molar-refractivity contribution in [3.05, 3.63) is 23.3 Å². The third kappa shape index (κ3) is 1.84. The molecule has 3 fully saturated rings. The van der Waals surface area contributed by atoms with Gasteiger partial charge in [-0.3, -0.25) is 4.90 Å². The summed E-state index contributed by atoms with van der Waals surface area (Å²) in [6, 6.07) is 6.08. The quantitative estimate of drug-likeness (QED) is 0.734. The zero-order valence-electron chi connectivity index (χ0n) is 16.2. The van der Waals surface area contributed by atoms with Crippen molar-refractivity contribution in [1.29, 1.82) is 5.26 Å². The fourth-order valence-corrected chi connectivity index (χ4v) is 6.93. The number of hydrogen-bond acceptors (Lipinski definition) is 6. The van der Waals surface area contributed by atoms with Crippen molar-refractivity contribution in [2.75, 3.05) is 13.6 Å². The lowest BCUT2D eigenvalue weighted by Crippen LogP contribution is -2.79. The molecule has 0 amide bonds. The minimum Gasteiger partial charge on any atom is -0.504 e. The summed E-state index contributed by atoms with van der Waals surface area (Å²) in [6.07, 6.45) is 4.99. The molecule has 2 heterocycles. The van der Waals surface area contributed by atoms with Crippen LogP contribution >= 0.6 is 0 Å². The van der Waals surface area contributed by atoms with Gasteiger partial charge < -0.3 is 20.3 Å². The highest BCUT2D eigenvalue weighted by molar-refractivity contribution is 5.63. The fraction of sp³-hybridized carbons (Fsp3) is 0.682. The van der Waals surface area contributed by atoms with Crippen molar-refractivity contribution < 1.29 is 14.9 Å². The molecule has 3 aliphatic carbocycles. The molecule has 2 saturated carbocycles. The molecule has 1 saturated heterocycles. The van der Waals surface area contributed by atoms with Crippen molar-refractivity contribution in [2.24, 2.45) is 5.92 Å². The zero-order chi connectivity index (χ0) is 19.3. The first-order valence-corrected chi connectivity index (χ1v) is 10.6. The van der Waals surface area contributed by atoms with E-state index < -0.39 is 11.0 Å². The average Bonchev–Trinajstić information content (AvgIpc) is 3.43. The SMILES string of the molecule is CNC1CC[C@@]2(O)[C@H]3Cc4ccc(O)c5c4[C@@]2(CC(C#N)N3CC2CC2)C1O5. The standard InChI is InChI=1S/C22H27N3O3/c1-24-15-6-7-22(27)17-8-13-4-5-16(26)19-18(13)21(22,20(15)28-19)9-14(10-23)25(17)11-12-2-3-12/h4-5,12,14-15,17,20,24,26-27H,2-3,6-9,11H2,1H3/t14?,15?,17-,20?,21+,22-/m1/s1. The number of nitrogens with one attached hydrogen (secondary N) is 1. The number of benzene rings is 1. The van der Waals surface area contributed by atoms with E-state index in [1.807, 2.05) is 13.1 Å². The molecule has 0 aromatic heterocycles. The van der Waals surface area contributed by atoms with Gasteiger partial charge in [-0.1, -0.05) is 6.07 Å². The highest BCUT2D eigenvalue weighted by Crippen LogP contribution is 2.66. The number of aromatic hydroxyl groups is 1. The second-order valence-corrected chi connectivity index (χ2v) is 9.52. The maximum atomic E-state index is 12.3. The van der Waals surface area contributed by atoms with Crippen LogP contribution in [0.3, 0.4) is 0 Å². The molecule has 6 rings (SSSR count). The molecule has 6 atom stereocenters. The van der Waals surface area contributed by atoms with Gasteiger partial charge in [-0.05, 0) is 63.1 Å². The molecule has 2 aliphatic heterocycles. The minimum atomic E-state index is -0.931. The van der Waals surface area contributed by atoms with Crippen LogP contribution < -0.4 is 10.1 Å². The van der Waals surface area contributed by atoms with E-state index in [0.717, 1.165) is 18.5 Å². The molecule has 28 heavy (non-hydrogen) atoms. The predicted octanol–water partition coefficient (Wildman–Crippen LogP) is 1.44. The van der Waals surface area contributed by atoms with Crippen LogP contribution in [0.15, 0.2) is 12.1 Å². The van der Waals surface area contributed by atoms with Gasteiger partial charge in [0.15, 0.2) is 11.5 Å². The number of nitrogens with zero attached hydrogens (tertiary/aromatic N) is 2. The number of hydrogen-bond donors (Lipinski definition) is 3. The lowest BCUT2D eigenvalue weighted by molar-refractivity contribution is -0.199. The molecule has 2 bridgehead atoms. The van der Waals surface area contributed by atoms with E-state index >= 15 is 0 Å². The summed E-state index contributed by atoms with van der Waals surface area (Å²) in [6.45, 7) is 0.905. The van der Waals surface area contributed by atoms with Gasteiger partial charge in [-0.25, -0.2) is 0 Å². The first-order valence-electron chi connectivity index (χ1n) is 10.6. The van der Waals surface area contributed by atoms with Gasteiger partial charge in [-0.15, -0.1) is 0 Å². The Hall–Kier alpha value is -1.81. The van der Waals surface area contributed by atoms with Gasteiger partial charge in [0.05, 0.1) is 23.1 Å². The Balaban J connectivity index is 1.59. The molecule has 1 aromatic rings. The number of likely N-dealkylation sites (N-methyl/N-ethyl adjacent to an activating group) is 1. The Labute approximate surface area is 165 Å². The molecule has 5 aliphatic rings. The van der Waals surface area contributed by atoms with E-state index in [1.165, 1.54) is 18.4 Å². The number of likely N-dealkylation sites (tertiary alicyclic amines) is 1. The number of rotatable bonds is 3.